The Morgan fingerprint density at radius 3 is 2.14 bits per heavy atom. The quantitative estimate of drug-likeness (QED) is 0.424. The summed E-state index contributed by atoms with van der Waals surface area (Å²) < 4.78 is 0. The molecule has 0 aromatic carbocycles. The number of hydrogen-bond acceptors (Lipinski definition) is 0. The summed E-state index contributed by atoms with van der Waals surface area (Å²) >= 11 is 0. The lowest BCUT2D eigenvalue weighted by atomic mass is 9.86. The second-order valence-corrected chi connectivity index (χ2v) is 5.30. The van der Waals surface area contributed by atoms with E-state index in [-0.39, 0.29) is 0 Å². The second kappa shape index (κ2) is 4.17. The van der Waals surface area contributed by atoms with E-state index in [0.717, 1.165) is 6.54 Å². The fourth-order valence-electron chi connectivity index (χ4n) is 3.27. The molecule has 0 aliphatic carbocycles. The van der Waals surface area contributed by atoms with Crippen molar-refractivity contribution >= 4 is 0 Å². The summed E-state index contributed by atoms with van der Waals surface area (Å²) in [5, 5.41) is 0. The van der Waals surface area contributed by atoms with Crippen LogP contribution in [0, 0.1) is 0 Å². The number of rotatable bonds is 2. The molecule has 2 rings (SSSR count). The van der Waals surface area contributed by atoms with Gasteiger partial charge in [0.15, 0.2) is 5.54 Å². The monoisotopic (exact) mass is 200 g/mol. The van der Waals surface area contributed by atoms with E-state index in [0.29, 0.717) is 5.54 Å². The molecule has 0 unspecified atom stereocenters. The summed E-state index contributed by atoms with van der Waals surface area (Å²) in [5.41, 5.74) is 4.79. The van der Waals surface area contributed by atoms with Gasteiger partial charge in [0.1, 0.15) is 6.54 Å². The van der Waals surface area contributed by atoms with E-state index >= 15 is 0 Å². The van der Waals surface area contributed by atoms with Gasteiger partial charge in [0, 0.05) is 12.8 Å². The van der Waals surface area contributed by atoms with Crippen LogP contribution in [0.25, 0.3) is 0 Å². The molecule has 82 valence electrons. The Labute approximate surface area is 87.2 Å². The second-order valence-electron chi connectivity index (χ2n) is 5.30. The minimum Gasteiger partial charge on any atom is -0.352 e. The highest BCUT2D eigenvalue weighted by Gasteiger charge is 2.46. The van der Waals surface area contributed by atoms with Crippen LogP contribution in [0.4, 0.5) is 0 Å². The van der Waals surface area contributed by atoms with Crippen molar-refractivity contribution in [2.45, 2.75) is 31.2 Å². The van der Waals surface area contributed by atoms with Crippen molar-refractivity contribution in [1.82, 2.24) is 0 Å². The van der Waals surface area contributed by atoms with Crippen molar-refractivity contribution in [3.8, 4) is 0 Å². The maximum Gasteiger partial charge on any atom is 0.158 e. The molecule has 14 heavy (non-hydrogen) atoms. The third-order valence-electron chi connectivity index (χ3n) is 4.50. The lowest BCUT2D eigenvalue weighted by Gasteiger charge is -2.40. The number of likely N-dealkylation sites (tertiary alicyclic amines) is 2. The van der Waals surface area contributed by atoms with Gasteiger partial charge in [0.25, 0.3) is 0 Å². The van der Waals surface area contributed by atoms with Crippen molar-refractivity contribution in [3.63, 3.8) is 0 Å². The van der Waals surface area contributed by atoms with Crippen LogP contribution in [-0.4, -0.2) is 45.3 Å². The van der Waals surface area contributed by atoms with Gasteiger partial charge in [0.05, 0.1) is 46.1 Å². The minimum atomic E-state index is 0.565. The fraction of sp³-hybridized carbons (Fsp3) is 1.00. The maximum absolute atomic E-state index is 4.22. The molecular formula is C11H26N3+3. The largest absolute Gasteiger partial charge is 0.352 e. The summed E-state index contributed by atoms with van der Waals surface area (Å²) in [5.74, 6) is 0. The van der Waals surface area contributed by atoms with Crippen LogP contribution in [-0.2, 0) is 0 Å². The third-order valence-corrected chi connectivity index (χ3v) is 4.50. The Hall–Kier alpha value is -0.120. The van der Waals surface area contributed by atoms with Crippen LogP contribution >= 0.6 is 0 Å². The summed E-state index contributed by atoms with van der Waals surface area (Å²) in [6.07, 6.45) is 5.69. The number of hydrogen-bond donors (Lipinski definition) is 3. The minimum absolute atomic E-state index is 0.565. The van der Waals surface area contributed by atoms with Crippen molar-refractivity contribution in [2.75, 3.05) is 39.8 Å². The van der Waals surface area contributed by atoms with Crippen LogP contribution in [0.15, 0.2) is 0 Å². The highest BCUT2D eigenvalue weighted by atomic mass is 15.2. The van der Waals surface area contributed by atoms with Crippen molar-refractivity contribution < 1.29 is 15.5 Å². The molecule has 2 saturated heterocycles. The van der Waals surface area contributed by atoms with E-state index in [1.54, 1.807) is 4.90 Å². The average molecular weight is 200 g/mol. The molecule has 2 heterocycles. The molecule has 0 amide bonds. The van der Waals surface area contributed by atoms with Crippen molar-refractivity contribution in [3.05, 3.63) is 0 Å². The van der Waals surface area contributed by atoms with Crippen LogP contribution in [0.1, 0.15) is 25.7 Å². The van der Waals surface area contributed by atoms with E-state index in [1.165, 1.54) is 51.9 Å². The molecule has 0 aromatic heterocycles. The third kappa shape index (κ3) is 1.81. The molecule has 0 saturated carbocycles. The molecule has 0 radical (unpaired) electrons. The zero-order valence-electron chi connectivity index (χ0n) is 9.57. The first-order valence-corrected chi connectivity index (χ1v) is 6.22. The molecule has 3 heteroatoms. The van der Waals surface area contributed by atoms with Gasteiger partial charge in [0.2, 0.25) is 0 Å². The van der Waals surface area contributed by atoms with Gasteiger partial charge in [-0.05, 0) is 0 Å². The molecule has 2 aliphatic rings. The smallest absolute Gasteiger partial charge is 0.158 e. The Morgan fingerprint density at radius 2 is 1.64 bits per heavy atom. The van der Waals surface area contributed by atoms with Crippen LogP contribution in [0.5, 0.6) is 0 Å². The molecule has 5 N–H and O–H groups in total. The molecule has 0 aromatic rings. The Balaban J connectivity index is 2.01. The topological polar surface area (TPSA) is 36.5 Å². The lowest BCUT2D eigenvalue weighted by Crippen LogP contribution is -3.24. The number of piperidine rings is 1. The maximum atomic E-state index is 4.22. The predicted molar refractivity (Wildman–Crippen MR) is 56.3 cm³/mol. The zero-order chi connectivity index (χ0) is 10.0. The van der Waals surface area contributed by atoms with Gasteiger partial charge in [-0.3, -0.25) is 0 Å². The first-order valence-electron chi connectivity index (χ1n) is 6.22. The van der Waals surface area contributed by atoms with Crippen LogP contribution in [0.3, 0.4) is 0 Å². The first-order chi connectivity index (χ1) is 6.77. The van der Waals surface area contributed by atoms with Crippen LogP contribution < -0.4 is 15.5 Å². The van der Waals surface area contributed by atoms with Gasteiger partial charge in [-0.1, -0.05) is 0 Å². The van der Waals surface area contributed by atoms with Gasteiger partial charge >= 0.3 is 0 Å². The number of quaternary nitrogens is 3. The fourth-order valence-corrected chi connectivity index (χ4v) is 3.27. The summed E-state index contributed by atoms with van der Waals surface area (Å²) in [4.78, 5) is 3.59. The highest BCUT2D eigenvalue weighted by Crippen LogP contribution is 2.12. The average Bonchev–Trinajstić information content (AvgIpc) is 2.73. The van der Waals surface area contributed by atoms with E-state index in [2.05, 4.69) is 12.8 Å². The normalized spacial score (nSPS) is 40.3. The van der Waals surface area contributed by atoms with E-state index in [9.17, 15) is 0 Å². The molecule has 0 bridgehead atoms. The van der Waals surface area contributed by atoms with Gasteiger partial charge < -0.3 is 15.5 Å². The number of nitrogens with one attached hydrogen (secondary N) is 2. The molecule has 0 atom stereocenters. The lowest BCUT2D eigenvalue weighted by molar-refractivity contribution is -0.973. The van der Waals surface area contributed by atoms with E-state index in [1.807, 2.05) is 4.90 Å². The van der Waals surface area contributed by atoms with Gasteiger partial charge in [-0.15, -0.1) is 0 Å². The predicted octanol–water partition coefficient (Wildman–Crippen LogP) is -3.05. The van der Waals surface area contributed by atoms with Crippen molar-refractivity contribution in [1.29, 1.82) is 0 Å². The molecular weight excluding hydrogens is 174 g/mol. The first kappa shape index (κ1) is 10.4. The highest BCUT2D eigenvalue weighted by molar-refractivity contribution is 4.80. The van der Waals surface area contributed by atoms with Crippen LogP contribution in [0.2, 0.25) is 0 Å². The van der Waals surface area contributed by atoms with Gasteiger partial charge in [-0.25, -0.2) is 0 Å². The summed E-state index contributed by atoms with van der Waals surface area (Å²) in [6, 6.07) is 0. The van der Waals surface area contributed by atoms with Crippen molar-refractivity contribution in [2.24, 2.45) is 0 Å². The standard InChI is InChI=1S/C11H23N3/c1-13-8-4-11(10-12,5-9-13)14-6-2-3-7-14/h2-10,12H2,1H3/p+3. The zero-order valence-corrected chi connectivity index (χ0v) is 9.57. The van der Waals surface area contributed by atoms with E-state index < -0.39 is 0 Å². The summed E-state index contributed by atoms with van der Waals surface area (Å²) in [6.45, 7) is 6.69. The molecule has 3 nitrogen and oxygen atoms in total. The molecule has 2 aliphatic heterocycles. The SMILES string of the molecule is C[NH+]1CCC(C[NH3+])([NH+]2CCCC2)CC1. The molecule has 2 fully saturated rings. The summed E-state index contributed by atoms with van der Waals surface area (Å²) in [7, 11) is 2.33. The van der Waals surface area contributed by atoms with Gasteiger partial charge in [-0.2, -0.15) is 0 Å². The Kier molecular flexibility index (Phi) is 3.10. The Morgan fingerprint density at radius 1 is 1.07 bits per heavy atom. The van der Waals surface area contributed by atoms with E-state index in [4.69, 9.17) is 0 Å². The molecule has 0 spiro atoms. The Bertz CT molecular complexity index is 179.